The van der Waals surface area contributed by atoms with Crippen LogP contribution in [0.3, 0.4) is 0 Å². The third-order valence-corrected chi connectivity index (χ3v) is 4.05. The fraction of sp³-hybridized carbons (Fsp3) is 0.562. The van der Waals surface area contributed by atoms with Gasteiger partial charge >= 0.3 is 6.03 Å². The monoisotopic (exact) mass is 276 g/mol. The largest absolute Gasteiger partial charge is 0.394 e. The lowest BCUT2D eigenvalue weighted by molar-refractivity contribution is 0.167. The molecule has 0 atom stereocenters. The summed E-state index contributed by atoms with van der Waals surface area (Å²) in [5, 5.41) is 15.3. The zero-order valence-electron chi connectivity index (χ0n) is 12.3. The van der Waals surface area contributed by atoms with Crippen molar-refractivity contribution in [1.29, 1.82) is 0 Å². The van der Waals surface area contributed by atoms with Gasteiger partial charge in [-0.2, -0.15) is 0 Å². The quantitative estimate of drug-likeness (QED) is 0.790. The number of aliphatic hydroxyl groups is 1. The molecule has 3 N–H and O–H groups in total. The minimum atomic E-state index is -0.431. The van der Waals surface area contributed by atoms with Gasteiger partial charge in [0.1, 0.15) is 0 Å². The van der Waals surface area contributed by atoms with Crippen molar-refractivity contribution in [2.45, 2.75) is 51.0 Å². The lowest BCUT2D eigenvalue weighted by atomic mass is 9.99. The third-order valence-electron chi connectivity index (χ3n) is 4.05. The molecule has 0 aliphatic heterocycles. The van der Waals surface area contributed by atoms with E-state index in [9.17, 15) is 9.90 Å². The van der Waals surface area contributed by atoms with E-state index in [-0.39, 0.29) is 12.6 Å². The topological polar surface area (TPSA) is 61.4 Å². The molecule has 0 unspecified atom stereocenters. The summed E-state index contributed by atoms with van der Waals surface area (Å²) >= 11 is 0. The summed E-state index contributed by atoms with van der Waals surface area (Å²) in [5.74, 6) is 0.429. The number of benzene rings is 1. The molecule has 1 fully saturated rings. The summed E-state index contributed by atoms with van der Waals surface area (Å²) in [6.45, 7) is 4.25. The highest BCUT2D eigenvalue weighted by Crippen LogP contribution is 2.29. The first-order valence-electron chi connectivity index (χ1n) is 7.35. The molecule has 2 amide bonds. The Morgan fingerprint density at radius 1 is 1.35 bits per heavy atom. The van der Waals surface area contributed by atoms with Crippen molar-refractivity contribution in [3.8, 4) is 0 Å². The summed E-state index contributed by atoms with van der Waals surface area (Å²) in [7, 11) is 0. The van der Waals surface area contributed by atoms with Crippen LogP contribution in [-0.2, 0) is 0 Å². The number of carbonyl (C=O) groups excluding carboxylic acids is 1. The van der Waals surface area contributed by atoms with Crippen molar-refractivity contribution < 1.29 is 9.90 Å². The lowest BCUT2D eigenvalue weighted by Crippen LogP contribution is -2.50. The van der Waals surface area contributed by atoms with Gasteiger partial charge < -0.3 is 15.7 Å². The van der Waals surface area contributed by atoms with E-state index in [2.05, 4.69) is 30.5 Å². The van der Waals surface area contributed by atoms with Crippen LogP contribution in [0.25, 0.3) is 0 Å². The van der Waals surface area contributed by atoms with Gasteiger partial charge in [0.15, 0.2) is 0 Å². The Morgan fingerprint density at radius 2 is 2.05 bits per heavy atom. The highest BCUT2D eigenvalue weighted by molar-refractivity contribution is 5.89. The highest BCUT2D eigenvalue weighted by atomic mass is 16.3. The predicted octanol–water partition coefficient (Wildman–Crippen LogP) is 3.24. The Hall–Kier alpha value is -1.55. The molecule has 0 saturated heterocycles. The second kappa shape index (κ2) is 6.27. The second-order valence-electron chi connectivity index (χ2n) is 6.00. The Morgan fingerprint density at radius 3 is 2.65 bits per heavy atom. The first-order chi connectivity index (χ1) is 9.54. The van der Waals surface area contributed by atoms with Gasteiger partial charge in [-0.1, -0.05) is 38.8 Å². The van der Waals surface area contributed by atoms with E-state index in [1.54, 1.807) is 0 Å². The molecule has 1 saturated carbocycles. The van der Waals surface area contributed by atoms with Crippen LogP contribution in [-0.4, -0.2) is 23.3 Å². The number of amides is 2. The van der Waals surface area contributed by atoms with Gasteiger partial charge in [-0.15, -0.1) is 0 Å². The number of anilines is 1. The van der Waals surface area contributed by atoms with E-state index < -0.39 is 5.54 Å². The number of rotatable bonds is 4. The number of nitrogens with one attached hydrogen (secondary N) is 2. The molecule has 110 valence electrons. The first kappa shape index (κ1) is 14.9. The van der Waals surface area contributed by atoms with Crippen LogP contribution in [0, 0.1) is 0 Å². The normalized spacial score (nSPS) is 17.2. The Balaban J connectivity index is 1.99. The minimum absolute atomic E-state index is 0.00640. The molecule has 0 aromatic heterocycles. The van der Waals surface area contributed by atoms with Crippen molar-refractivity contribution >= 4 is 11.7 Å². The lowest BCUT2D eigenvalue weighted by Gasteiger charge is -2.28. The van der Waals surface area contributed by atoms with E-state index >= 15 is 0 Å². The smallest absolute Gasteiger partial charge is 0.319 e. The molecule has 1 aliphatic rings. The summed E-state index contributed by atoms with van der Waals surface area (Å²) in [6, 6.07) is 7.64. The molecule has 2 rings (SSSR count). The van der Waals surface area contributed by atoms with Crippen LogP contribution < -0.4 is 10.6 Å². The third kappa shape index (κ3) is 3.51. The first-order valence-corrected chi connectivity index (χ1v) is 7.35. The average molecular weight is 276 g/mol. The second-order valence-corrected chi connectivity index (χ2v) is 6.00. The van der Waals surface area contributed by atoms with Crippen LogP contribution >= 0.6 is 0 Å². The van der Waals surface area contributed by atoms with Gasteiger partial charge in [-0.25, -0.2) is 4.79 Å². The molecule has 1 aromatic carbocycles. The zero-order chi connectivity index (χ0) is 14.6. The molecule has 0 spiro atoms. The summed E-state index contributed by atoms with van der Waals surface area (Å²) < 4.78 is 0. The maximum atomic E-state index is 12.1. The Labute approximate surface area is 120 Å². The number of carbonyl (C=O) groups is 1. The van der Waals surface area contributed by atoms with E-state index in [4.69, 9.17) is 0 Å². The number of hydrogen-bond acceptors (Lipinski definition) is 2. The van der Waals surface area contributed by atoms with Crippen molar-refractivity contribution in [1.82, 2.24) is 5.32 Å². The standard InChI is InChI=1S/C16H24N2O2/c1-12(2)13-6-5-7-14(10-13)17-15(20)18-16(11-19)8-3-4-9-16/h5-7,10,12,19H,3-4,8-9,11H2,1-2H3,(H2,17,18,20). The fourth-order valence-corrected chi connectivity index (χ4v) is 2.75. The zero-order valence-corrected chi connectivity index (χ0v) is 12.3. The van der Waals surface area contributed by atoms with Crippen molar-refractivity contribution in [3.63, 3.8) is 0 Å². The molecule has 0 heterocycles. The van der Waals surface area contributed by atoms with E-state index in [1.807, 2.05) is 18.2 Å². The van der Waals surface area contributed by atoms with Gasteiger partial charge in [-0.05, 0) is 36.5 Å². The average Bonchev–Trinajstić information content (AvgIpc) is 2.88. The van der Waals surface area contributed by atoms with Crippen LogP contribution in [0.15, 0.2) is 24.3 Å². The molecular weight excluding hydrogens is 252 g/mol. The van der Waals surface area contributed by atoms with Gasteiger partial charge in [-0.3, -0.25) is 0 Å². The van der Waals surface area contributed by atoms with Crippen molar-refractivity contribution in [2.24, 2.45) is 0 Å². The minimum Gasteiger partial charge on any atom is -0.394 e. The molecular formula is C16H24N2O2. The van der Waals surface area contributed by atoms with Crippen molar-refractivity contribution in [2.75, 3.05) is 11.9 Å². The van der Waals surface area contributed by atoms with Crippen LogP contribution in [0.4, 0.5) is 10.5 Å². The maximum absolute atomic E-state index is 12.1. The summed E-state index contributed by atoms with van der Waals surface area (Å²) in [6.07, 6.45) is 3.82. The van der Waals surface area contributed by atoms with Crippen LogP contribution in [0.1, 0.15) is 51.0 Å². The van der Waals surface area contributed by atoms with E-state index in [0.717, 1.165) is 31.4 Å². The molecule has 4 heteroatoms. The van der Waals surface area contributed by atoms with E-state index in [0.29, 0.717) is 5.92 Å². The number of urea groups is 1. The fourth-order valence-electron chi connectivity index (χ4n) is 2.75. The maximum Gasteiger partial charge on any atom is 0.319 e. The van der Waals surface area contributed by atoms with Crippen LogP contribution in [0.2, 0.25) is 0 Å². The molecule has 1 aliphatic carbocycles. The van der Waals surface area contributed by atoms with E-state index in [1.165, 1.54) is 5.56 Å². The summed E-state index contributed by atoms with van der Waals surface area (Å²) in [4.78, 5) is 12.1. The van der Waals surface area contributed by atoms with Gasteiger partial charge in [0.2, 0.25) is 0 Å². The van der Waals surface area contributed by atoms with Gasteiger partial charge in [0, 0.05) is 5.69 Å². The highest BCUT2D eigenvalue weighted by Gasteiger charge is 2.34. The number of hydrogen-bond donors (Lipinski definition) is 3. The number of aliphatic hydroxyl groups excluding tert-OH is 1. The SMILES string of the molecule is CC(C)c1cccc(NC(=O)NC2(CO)CCCC2)c1. The van der Waals surface area contributed by atoms with Crippen LogP contribution in [0.5, 0.6) is 0 Å². The molecule has 0 radical (unpaired) electrons. The van der Waals surface area contributed by atoms with Gasteiger partial charge in [0.25, 0.3) is 0 Å². The Bertz CT molecular complexity index is 465. The molecule has 1 aromatic rings. The molecule has 20 heavy (non-hydrogen) atoms. The van der Waals surface area contributed by atoms with Crippen molar-refractivity contribution in [3.05, 3.63) is 29.8 Å². The molecule has 4 nitrogen and oxygen atoms in total. The Kier molecular flexibility index (Phi) is 4.65. The van der Waals surface area contributed by atoms with Gasteiger partial charge in [0.05, 0.1) is 12.1 Å². The predicted molar refractivity (Wildman–Crippen MR) is 81.0 cm³/mol. The molecule has 0 bridgehead atoms. The summed E-state index contributed by atoms with van der Waals surface area (Å²) in [5.41, 5.74) is 1.56.